The van der Waals surface area contributed by atoms with Crippen LogP contribution in [0.2, 0.25) is 0 Å². The lowest BCUT2D eigenvalue weighted by Gasteiger charge is -2.16. The van der Waals surface area contributed by atoms with Crippen molar-refractivity contribution in [2.24, 2.45) is 5.73 Å². The molecule has 2 heterocycles. The molecule has 1 aromatic heterocycles. The Kier molecular flexibility index (Phi) is 1.89. The molecule has 0 bridgehead atoms. The molecule has 0 saturated heterocycles. The molecule has 0 fully saturated rings. The first-order valence-corrected chi connectivity index (χ1v) is 4.58. The summed E-state index contributed by atoms with van der Waals surface area (Å²) in [4.78, 5) is 4.45. The Labute approximate surface area is 72.6 Å². The maximum absolute atomic E-state index is 5.60. The quantitative estimate of drug-likeness (QED) is 0.674. The highest BCUT2D eigenvalue weighted by Gasteiger charge is 2.15. The summed E-state index contributed by atoms with van der Waals surface area (Å²) in [6, 6.07) is 0. The highest BCUT2D eigenvalue weighted by atomic mass is 15.1. The smallest absolute Gasteiger partial charge is 0.122 e. The zero-order valence-corrected chi connectivity index (χ0v) is 7.51. The fourth-order valence-corrected chi connectivity index (χ4v) is 1.97. The number of fused-ring (bicyclic) bond motifs is 1. The number of nitrogens with zero attached hydrogens (tertiary/aromatic N) is 2. The molecule has 2 rings (SSSR count). The number of hydrogen-bond donors (Lipinski definition) is 1. The van der Waals surface area contributed by atoms with Gasteiger partial charge in [-0.2, -0.15) is 0 Å². The molecular formula is C9H15N3. The van der Waals surface area contributed by atoms with Gasteiger partial charge in [-0.15, -0.1) is 0 Å². The van der Waals surface area contributed by atoms with Gasteiger partial charge in [0.25, 0.3) is 0 Å². The van der Waals surface area contributed by atoms with Crippen molar-refractivity contribution < 1.29 is 0 Å². The van der Waals surface area contributed by atoms with Crippen molar-refractivity contribution in [1.82, 2.24) is 9.55 Å². The summed E-state index contributed by atoms with van der Waals surface area (Å²) in [5.41, 5.74) is 8.18. The van der Waals surface area contributed by atoms with Gasteiger partial charge < -0.3 is 10.3 Å². The van der Waals surface area contributed by atoms with Gasteiger partial charge in [0, 0.05) is 12.2 Å². The van der Waals surface area contributed by atoms with E-state index in [1.54, 1.807) is 0 Å². The first-order valence-electron chi connectivity index (χ1n) is 4.58. The van der Waals surface area contributed by atoms with Crippen LogP contribution < -0.4 is 5.73 Å². The van der Waals surface area contributed by atoms with Crippen molar-refractivity contribution in [3.8, 4) is 0 Å². The van der Waals surface area contributed by atoms with Gasteiger partial charge in [0.1, 0.15) is 5.82 Å². The molecule has 2 N–H and O–H groups in total. The minimum Gasteiger partial charge on any atom is -0.331 e. The van der Waals surface area contributed by atoms with Crippen molar-refractivity contribution in [3.05, 3.63) is 17.2 Å². The van der Waals surface area contributed by atoms with E-state index in [0.29, 0.717) is 6.54 Å². The minimum atomic E-state index is 0.570. The van der Waals surface area contributed by atoms with Crippen molar-refractivity contribution >= 4 is 0 Å². The third-order valence-corrected chi connectivity index (χ3v) is 2.58. The number of aryl methyl sites for hydroxylation is 1. The molecule has 3 nitrogen and oxygen atoms in total. The number of hydrogen-bond acceptors (Lipinski definition) is 2. The number of rotatable bonds is 1. The zero-order valence-electron chi connectivity index (χ0n) is 7.51. The molecule has 0 saturated carbocycles. The average Bonchev–Trinajstić information content (AvgIpc) is 2.44. The van der Waals surface area contributed by atoms with E-state index >= 15 is 0 Å². The lowest BCUT2D eigenvalue weighted by atomic mass is 10.1. The first kappa shape index (κ1) is 7.80. The third kappa shape index (κ3) is 1.05. The molecule has 0 unspecified atom stereocenters. The predicted octanol–water partition coefficient (Wildman–Crippen LogP) is 0.987. The topological polar surface area (TPSA) is 43.8 Å². The third-order valence-electron chi connectivity index (χ3n) is 2.58. The Morgan fingerprint density at radius 3 is 3.08 bits per heavy atom. The molecule has 0 radical (unpaired) electrons. The molecule has 1 aliphatic heterocycles. The van der Waals surface area contributed by atoms with E-state index in [9.17, 15) is 0 Å². The van der Waals surface area contributed by atoms with Crippen LogP contribution in [0.1, 0.15) is 30.1 Å². The largest absolute Gasteiger partial charge is 0.331 e. The van der Waals surface area contributed by atoms with Crippen LogP contribution in [-0.4, -0.2) is 9.55 Å². The van der Waals surface area contributed by atoms with Crippen LogP contribution in [0.4, 0.5) is 0 Å². The van der Waals surface area contributed by atoms with Crippen molar-refractivity contribution in [2.45, 2.75) is 39.3 Å². The normalized spacial score (nSPS) is 16.2. The zero-order chi connectivity index (χ0) is 8.55. The van der Waals surface area contributed by atoms with Gasteiger partial charge in [0.05, 0.1) is 12.2 Å². The van der Waals surface area contributed by atoms with E-state index in [1.807, 2.05) is 0 Å². The van der Waals surface area contributed by atoms with Crippen LogP contribution >= 0.6 is 0 Å². The molecule has 0 spiro atoms. The molecule has 0 atom stereocenters. The van der Waals surface area contributed by atoms with Crippen LogP contribution in [0.5, 0.6) is 0 Å². The van der Waals surface area contributed by atoms with E-state index in [4.69, 9.17) is 5.73 Å². The monoisotopic (exact) mass is 165 g/mol. The highest BCUT2D eigenvalue weighted by Crippen LogP contribution is 2.19. The molecule has 66 valence electrons. The van der Waals surface area contributed by atoms with Crippen LogP contribution in [-0.2, 0) is 19.5 Å². The van der Waals surface area contributed by atoms with Crippen molar-refractivity contribution in [2.75, 3.05) is 0 Å². The summed E-state index contributed by atoms with van der Waals surface area (Å²) < 4.78 is 2.29. The maximum Gasteiger partial charge on any atom is 0.122 e. The Morgan fingerprint density at radius 1 is 1.50 bits per heavy atom. The van der Waals surface area contributed by atoms with Gasteiger partial charge in [-0.25, -0.2) is 4.98 Å². The maximum atomic E-state index is 5.60. The van der Waals surface area contributed by atoms with E-state index in [2.05, 4.69) is 16.5 Å². The van der Waals surface area contributed by atoms with Crippen LogP contribution in [0, 0.1) is 6.92 Å². The highest BCUT2D eigenvalue weighted by molar-refractivity contribution is 5.17. The van der Waals surface area contributed by atoms with E-state index in [1.165, 1.54) is 30.7 Å². The fraction of sp³-hybridized carbons (Fsp3) is 0.667. The van der Waals surface area contributed by atoms with Gasteiger partial charge in [0.15, 0.2) is 0 Å². The molecule has 1 aliphatic rings. The van der Waals surface area contributed by atoms with Gasteiger partial charge in [-0.3, -0.25) is 0 Å². The van der Waals surface area contributed by atoms with E-state index in [-0.39, 0.29) is 0 Å². The second-order valence-corrected chi connectivity index (χ2v) is 3.37. The average molecular weight is 165 g/mol. The summed E-state index contributed by atoms with van der Waals surface area (Å²) in [7, 11) is 0. The lowest BCUT2D eigenvalue weighted by Crippen LogP contribution is -2.15. The molecule has 0 amide bonds. The van der Waals surface area contributed by atoms with Gasteiger partial charge in [0.2, 0.25) is 0 Å². The Morgan fingerprint density at radius 2 is 2.33 bits per heavy atom. The first-order chi connectivity index (χ1) is 5.83. The van der Waals surface area contributed by atoms with Gasteiger partial charge in [-0.1, -0.05) is 0 Å². The molecule has 12 heavy (non-hydrogen) atoms. The standard InChI is InChI=1S/C9H15N3/c1-7-8-4-2-3-5-12(8)9(6-10)11-7/h2-6,10H2,1H3. The van der Waals surface area contributed by atoms with Crippen molar-refractivity contribution in [1.29, 1.82) is 0 Å². The Balaban J connectivity index is 2.47. The summed E-state index contributed by atoms with van der Waals surface area (Å²) in [5, 5.41) is 0. The predicted molar refractivity (Wildman–Crippen MR) is 47.8 cm³/mol. The SMILES string of the molecule is Cc1nc(CN)n2c1CCCC2. The second kappa shape index (κ2) is 2.90. The molecular weight excluding hydrogens is 150 g/mol. The number of aromatic nitrogens is 2. The minimum absolute atomic E-state index is 0.570. The Bertz CT molecular complexity index is 288. The van der Waals surface area contributed by atoms with Crippen LogP contribution in [0.3, 0.4) is 0 Å². The summed E-state index contributed by atoms with van der Waals surface area (Å²) in [6.45, 7) is 3.76. The summed E-state index contributed by atoms with van der Waals surface area (Å²) in [6.07, 6.45) is 3.76. The van der Waals surface area contributed by atoms with Gasteiger partial charge >= 0.3 is 0 Å². The summed E-state index contributed by atoms with van der Waals surface area (Å²) >= 11 is 0. The van der Waals surface area contributed by atoms with Crippen LogP contribution in [0.15, 0.2) is 0 Å². The molecule has 3 heteroatoms. The Hall–Kier alpha value is -0.830. The molecule has 0 aliphatic carbocycles. The van der Waals surface area contributed by atoms with E-state index < -0.39 is 0 Å². The van der Waals surface area contributed by atoms with Gasteiger partial charge in [-0.05, 0) is 26.2 Å². The lowest BCUT2D eigenvalue weighted by molar-refractivity contribution is 0.513. The van der Waals surface area contributed by atoms with Crippen molar-refractivity contribution in [3.63, 3.8) is 0 Å². The number of nitrogens with two attached hydrogens (primary N) is 1. The summed E-state index contributed by atoms with van der Waals surface area (Å²) in [5.74, 6) is 1.06. The number of imidazole rings is 1. The fourth-order valence-electron chi connectivity index (χ4n) is 1.97. The second-order valence-electron chi connectivity index (χ2n) is 3.37. The molecule has 1 aromatic rings. The van der Waals surface area contributed by atoms with E-state index in [0.717, 1.165) is 12.4 Å². The molecule has 0 aromatic carbocycles. The van der Waals surface area contributed by atoms with Crippen LogP contribution in [0.25, 0.3) is 0 Å².